The molecule has 0 bridgehead atoms. The molecule has 2 rings (SSSR count). The molecular weight excluding hydrogens is 258 g/mol. The molecule has 0 aliphatic carbocycles. The molecule has 0 aromatic carbocycles. The summed E-state index contributed by atoms with van der Waals surface area (Å²) in [5, 5.41) is 8.84. The van der Waals surface area contributed by atoms with Crippen LogP contribution >= 0.6 is 0 Å². The van der Waals surface area contributed by atoms with Crippen molar-refractivity contribution in [3.05, 3.63) is 46.0 Å². The van der Waals surface area contributed by atoms with Gasteiger partial charge in [-0.25, -0.2) is 4.98 Å². The Morgan fingerprint density at radius 2 is 2.25 bits per heavy atom. The number of likely N-dealkylation sites (N-methyl/N-ethyl adjacent to an activating group) is 1. The van der Waals surface area contributed by atoms with Crippen LogP contribution in [0, 0.1) is 6.92 Å². The molecule has 20 heavy (non-hydrogen) atoms. The van der Waals surface area contributed by atoms with Crippen molar-refractivity contribution in [2.45, 2.75) is 20.4 Å². The summed E-state index contributed by atoms with van der Waals surface area (Å²) in [5.74, 6) is -0.888. The Balaban J connectivity index is 2.38. The van der Waals surface area contributed by atoms with Gasteiger partial charge in [-0.05, 0) is 25.1 Å². The number of rotatable bonds is 5. The number of carbonyl (C=O) groups is 1. The minimum absolute atomic E-state index is 0.0642. The van der Waals surface area contributed by atoms with Crippen LogP contribution in [0.1, 0.15) is 18.2 Å². The largest absolute Gasteiger partial charge is 0.480 e. The zero-order valence-electron chi connectivity index (χ0n) is 11.5. The number of hydrogen-bond donors (Lipinski definition) is 1. The fourth-order valence-electron chi connectivity index (χ4n) is 2.09. The third-order valence-electron chi connectivity index (χ3n) is 3.13. The molecule has 2 aromatic rings. The number of pyridine rings is 1. The molecule has 1 N–H and O–H groups in total. The average molecular weight is 275 g/mol. The van der Waals surface area contributed by atoms with E-state index in [2.05, 4.69) is 4.98 Å². The molecule has 106 valence electrons. The molecule has 0 atom stereocenters. The monoisotopic (exact) mass is 275 g/mol. The van der Waals surface area contributed by atoms with Gasteiger partial charge in [0.2, 0.25) is 0 Å². The van der Waals surface area contributed by atoms with E-state index in [1.807, 2.05) is 19.9 Å². The number of nitrogens with zero attached hydrogens (tertiary/aromatic N) is 3. The maximum atomic E-state index is 12.0. The highest BCUT2D eigenvalue weighted by atomic mass is 16.4. The summed E-state index contributed by atoms with van der Waals surface area (Å²) in [6.07, 6.45) is 1.68. The number of hydrogen-bond acceptors (Lipinski definition) is 4. The summed E-state index contributed by atoms with van der Waals surface area (Å²) in [5.41, 5.74) is 1.96. The summed E-state index contributed by atoms with van der Waals surface area (Å²) in [4.78, 5) is 29.0. The summed E-state index contributed by atoms with van der Waals surface area (Å²) in [6.45, 7) is 4.64. The second kappa shape index (κ2) is 5.83. The van der Waals surface area contributed by atoms with Crippen molar-refractivity contribution in [3.8, 4) is 0 Å². The van der Waals surface area contributed by atoms with E-state index in [1.54, 1.807) is 17.2 Å². The number of fused-ring (bicyclic) bond motifs is 1. The van der Waals surface area contributed by atoms with E-state index < -0.39 is 5.97 Å². The van der Waals surface area contributed by atoms with E-state index >= 15 is 0 Å². The highest BCUT2D eigenvalue weighted by Gasteiger charge is 2.11. The fraction of sp³-hybridized carbons (Fsp3) is 0.357. The second-order valence-electron chi connectivity index (χ2n) is 4.67. The summed E-state index contributed by atoms with van der Waals surface area (Å²) in [6, 6.07) is 5.14. The Bertz CT molecular complexity index is 694. The van der Waals surface area contributed by atoms with Crippen molar-refractivity contribution in [1.29, 1.82) is 0 Å². The van der Waals surface area contributed by atoms with Gasteiger partial charge in [0.05, 0.1) is 12.2 Å². The first-order valence-corrected chi connectivity index (χ1v) is 6.43. The van der Waals surface area contributed by atoms with Crippen molar-refractivity contribution in [3.63, 3.8) is 0 Å². The molecule has 6 heteroatoms. The lowest BCUT2D eigenvalue weighted by molar-refractivity contribution is -0.138. The maximum Gasteiger partial charge on any atom is 0.317 e. The third-order valence-corrected chi connectivity index (χ3v) is 3.13. The Morgan fingerprint density at radius 1 is 1.50 bits per heavy atom. The zero-order valence-corrected chi connectivity index (χ0v) is 11.5. The van der Waals surface area contributed by atoms with Crippen LogP contribution in [0.15, 0.2) is 29.2 Å². The average Bonchev–Trinajstić information content (AvgIpc) is 2.39. The molecule has 0 aliphatic heterocycles. The minimum Gasteiger partial charge on any atom is -0.480 e. The molecule has 0 saturated carbocycles. The normalized spacial score (nSPS) is 11.2. The predicted octanol–water partition coefficient (Wildman–Crippen LogP) is 0.909. The van der Waals surface area contributed by atoms with Crippen molar-refractivity contribution in [1.82, 2.24) is 14.3 Å². The second-order valence-corrected chi connectivity index (χ2v) is 4.67. The Morgan fingerprint density at radius 3 is 2.90 bits per heavy atom. The number of aliphatic carboxylic acids is 1. The van der Waals surface area contributed by atoms with Crippen molar-refractivity contribution < 1.29 is 9.90 Å². The molecule has 0 amide bonds. The lowest BCUT2D eigenvalue weighted by Crippen LogP contribution is -2.30. The molecule has 0 radical (unpaired) electrons. The van der Waals surface area contributed by atoms with Crippen molar-refractivity contribution >= 4 is 11.6 Å². The molecular formula is C14H17N3O3. The SMILES string of the molecule is CCN(CC(=O)O)Cc1cc(=O)n2cccc(C)c2n1. The van der Waals surface area contributed by atoms with Crippen LogP contribution in [-0.2, 0) is 11.3 Å². The number of aryl methyl sites for hydroxylation is 1. The van der Waals surface area contributed by atoms with Crippen LogP contribution in [0.25, 0.3) is 5.65 Å². The van der Waals surface area contributed by atoms with Gasteiger partial charge in [-0.15, -0.1) is 0 Å². The van der Waals surface area contributed by atoms with Gasteiger partial charge >= 0.3 is 5.97 Å². The zero-order chi connectivity index (χ0) is 14.7. The highest BCUT2D eigenvalue weighted by molar-refractivity contribution is 5.69. The van der Waals surface area contributed by atoms with Gasteiger partial charge in [-0.2, -0.15) is 0 Å². The lowest BCUT2D eigenvalue weighted by atomic mass is 10.2. The molecule has 0 spiro atoms. The number of carboxylic acids is 1. The summed E-state index contributed by atoms with van der Waals surface area (Å²) < 4.78 is 1.49. The van der Waals surface area contributed by atoms with Gasteiger partial charge in [-0.3, -0.25) is 18.9 Å². The lowest BCUT2D eigenvalue weighted by Gasteiger charge is -2.17. The first kappa shape index (κ1) is 14.2. The number of aromatic nitrogens is 2. The van der Waals surface area contributed by atoms with Gasteiger partial charge in [-0.1, -0.05) is 13.0 Å². The van der Waals surface area contributed by atoms with Crippen LogP contribution in [0.5, 0.6) is 0 Å². The molecule has 0 fully saturated rings. The maximum absolute atomic E-state index is 12.0. The van der Waals surface area contributed by atoms with Gasteiger partial charge in [0.25, 0.3) is 5.56 Å². The van der Waals surface area contributed by atoms with Crippen molar-refractivity contribution in [2.75, 3.05) is 13.1 Å². The van der Waals surface area contributed by atoms with E-state index in [0.29, 0.717) is 24.4 Å². The first-order valence-electron chi connectivity index (χ1n) is 6.43. The van der Waals surface area contributed by atoms with Crippen LogP contribution in [0.4, 0.5) is 0 Å². The van der Waals surface area contributed by atoms with E-state index in [-0.39, 0.29) is 12.1 Å². The van der Waals surface area contributed by atoms with Crippen molar-refractivity contribution in [2.24, 2.45) is 0 Å². The molecule has 6 nitrogen and oxygen atoms in total. The molecule has 0 aliphatic rings. The van der Waals surface area contributed by atoms with E-state index in [4.69, 9.17) is 5.11 Å². The fourth-order valence-corrected chi connectivity index (χ4v) is 2.09. The van der Waals surface area contributed by atoms with Crippen LogP contribution in [0.2, 0.25) is 0 Å². The quantitative estimate of drug-likeness (QED) is 0.878. The topological polar surface area (TPSA) is 74.9 Å². The van der Waals surface area contributed by atoms with Gasteiger partial charge in [0, 0.05) is 18.8 Å². The molecule has 2 aromatic heterocycles. The Kier molecular flexibility index (Phi) is 4.14. The standard InChI is InChI=1S/C14H17N3O3/c1-3-16(9-13(19)20)8-11-7-12(18)17-6-4-5-10(2)14(17)15-11/h4-7H,3,8-9H2,1-2H3,(H,19,20). The summed E-state index contributed by atoms with van der Waals surface area (Å²) in [7, 11) is 0. The summed E-state index contributed by atoms with van der Waals surface area (Å²) >= 11 is 0. The number of carboxylic acid groups (broad SMARTS) is 1. The molecule has 0 saturated heterocycles. The van der Waals surface area contributed by atoms with E-state index in [0.717, 1.165) is 5.56 Å². The Labute approximate surface area is 116 Å². The molecule has 2 heterocycles. The highest BCUT2D eigenvalue weighted by Crippen LogP contribution is 2.07. The van der Waals surface area contributed by atoms with E-state index in [9.17, 15) is 9.59 Å². The van der Waals surface area contributed by atoms with Crippen LogP contribution in [-0.4, -0.2) is 38.4 Å². The van der Waals surface area contributed by atoms with Crippen LogP contribution in [0.3, 0.4) is 0 Å². The minimum atomic E-state index is -0.888. The molecule has 0 unspecified atom stereocenters. The first-order chi connectivity index (χ1) is 9.51. The van der Waals surface area contributed by atoms with Gasteiger partial charge in [0.15, 0.2) is 0 Å². The van der Waals surface area contributed by atoms with Gasteiger partial charge < -0.3 is 5.11 Å². The Hall–Kier alpha value is -2.21. The van der Waals surface area contributed by atoms with E-state index in [1.165, 1.54) is 10.5 Å². The predicted molar refractivity (Wildman–Crippen MR) is 74.8 cm³/mol. The third kappa shape index (κ3) is 3.03. The van der Waals surface area contributed by atoms with Crippen LogP contribution < -0.4 is 5.56 Å². The van der Waals surface area contributed by atoms with Gasteiger partial charge in [0.1, 0.15) is 5.65 Å². The smallest absolute Gasteiger partial charge is 0.317 e.